The molecule has 0 unspecified atom stereocenters. The standard InChI is InChI=1S/C24H24N6O2/c1-28-11-13-29(14-12-28)16-21(31)30-20-10-6-5-9-19(20)26-24(32)18-15-25-22(27-23(18)30)17-7-3-2-4-8-17/h2-10,15H,11-14,16H2,1H3,(H,26,32). The fourth-order valence-corrected chi connectivity index (χ4v) is 4.03. The highest BCUT2D eigenvalue weighted by Gasteiger charge is 2.32. The summed E-state index contributed by atoms with van der Waals surface area (Å²) in [6.07, 6.45) is 1.50. The number of rotatable bonds is 3. The van der Waals surface area contributed by atoms with Crippen LogP contribution in [-0.4, -0.2) is 71.4 Å². The summed E-state index contributed by atoms with van der Waals surface area (Å²) >= 11 is 0. The van der Waals surface area contributed by atoms with Gasteiger partial charge in [-0.2, -0.15) is 0 Å². The number of hydrogen-bond acceptors (Lipinski definition) is 6. The predicted octanol–water partition coefficient (Wildman–Crippen LogP) is 2.62. The summed E-state index contributed by atoms with van der Waals surface area (Å²) in [7, 11) is 2.08. The lowest BCUT2D eigenvalue weighted by atomic mass is 10.2. The first-order chi connectivity index (χ1) is 15.6. The molecular formula is C24H24N6O2. The molecule has 1 saturated heterocycles. The molecule has 3 aromatic rings. The molecule has 1 fully saturated rings. The minimum absolute atomic E-state index is 0.127. The molecule has 8 heteroatoms. The van der Waals surface area contributed by atoms with Crippen LogP contribution in [0.2, 0.25) is 0 Å². The van der Waals surface area contributed by atoms with E-state index in [1.165, 1.54) is 6.20 Å². The summed E-state index contributed by atoms with van der Waals surface area (Å²) in [5, 5.41) is 2.90. The first kappa shape index (κ1) is 20.3. The number of likely N-dealkylation sites (N-methyl/N-ethyl adjacent to an activating group) is 1. The molecule has 162 valence electrons. The highest BCUT2D eigenvalue weighted by atomic mass is 16.2. The van der Waals surface area contributed by atoms with Gasteiger partial charge < -0.3 is 10.2 Å². The number of benzene rings is 2. The molecule has 2 aliphatic rings. The Balaban J connectivity index is 1.59. The number of nitrogens with zero attached hydrogens (tertiary/aromatic N) is 5. The number of carbonyl (C=O) groups excluding carboxylic acids is 2. The van der Waals surface area contributed by atoms with Crippen molar-refractivity contribution in [3.63, 3.8) is 0 Å². The van der Waals surface area contributed by atoms with Gasteiger partial charge in [0.2, 0.25) is 5.91 Å². The summed E-state index contributed by atoms with van der Waals surface area (Å²) in [5.74, 6) is 0.314. The third kappa shape index (κ3) is 3.86. The highest BCUT2D eigenvalue weighted by molar-refractivity contribution is 6.17. The second-order valence-electron chi connectivity index (χ2n) is 8.08. The van der Waals surface area contributed by atoms with Gasteiger partial charge in [-0.25, -0.2) is 9.97 Å². The summed E-state index contributed by atoms with van der Waals surface area (Å²) < 4.78 is 0. The van der Waals surface area contributed by atoms with Crippen LogP contribution in [0.3, 0.4) is 0 Å². The predicted molar refractivity (Wildman–Crippen MR) is 123 cm³/mol. The molecule has 0 saturated carbocycles. The Hall–Kier alpha value is -3.62. The number of fused-ring (bicyclic) bond motifs is 2. The van der Waals surface area contributed by atoms with Crippen LogP contribution in [0, 0.1) is 0 Å². The zero-order valence-corrected chi connectivity index (χ0v) is 17.9. The molecule has 0 aliphatic carbocycles. The van der Waals surface area contributed by atoms with Crippen LogP contribution in [0.5, 0.6) is 0 Å². The average molecular weight is 428 g/mol. The Kier molecular flexibility index (Phi) is 5.38. The lowest BCUT2D eigenvalue weighted by Crippen LogP contribution is -2.48. The lowest BCUT2D eigenvalue weighted by Gasteiger charge is -2.33. The van der Waals surface area contributed by atoms with Crippen molar-refractivity contribution in [1.82, 2.24) is 19.8 Å². The van der Waals surface area contributed by atoms with Gasteiger partial charge in [0.1, 0.15) is 5.56 Å². The summed E-state index contributed by atoms with van der Waals surface area (Å²) in [5.41, 5.74) is 2.27. The van der Waals surface area contributed by atoms with Crippen LogP contribution >= 0.6 is 0 Å². The van der Waals surface area contributed by atoms with Crippen LogP contribution in [0.15, 0.2) is 60.8 Å². The second-order valence-corrected chi connectivity index (χ2v) is 8.08. The van der Waals surface area contributed by atoms with Crippen LogP contribution in [0.4, 0.5) is 17.2 Å². The highest BCUT2D eigenvalue weighted by Crippen LogP contribution is 2.37. The normalized spacial score (nSPS) is 16.7. The van der Waals surface area contributed by atoms with Gasteiger partial charge in [-0.05, 0) is 19.2 Å². The van der Waals surface area contributed by atoms with Gasteiger partial charge in [-0.3, -0.25) is 19.4 Å². The van der Waals surface area contributed by atoms with Gasteiger partial charge >= 0.3 is 0 Å². The Morgan fingerprint density at radius 2 is 1.72 bits per heavy atom. The third-order valence-corrected chi connectivity index (χ3v) is 5.85. The van der Waals surface area contributed by atoms with Gasteiger partial charge in [0.25, 0.3) is 5.91 Å². The molecule has 1 aromatic heterocycles. The maximum Gasteiger partial charge on any atom is 0.261 e. The minimum atomic E-state index is -0.332. The van der Waals surface area contributed by atoms with Gasteiger partial charge in [-0.15, -0.1) is 0 Å². The molecule has 1 N–H and O–H groups in total. The van der Waals surface area contributed by atoms with E-state index in [4.69, 9.17) is 4.98 Å². The maximum absolute atomic E-state index is 13.7. The zero-order chi connectivity index (χ0) is 22.1. The van der Waals surface area contributed by atoms with Gasteiger partial charge in [0.15, 0.2) is 11.6 Å². The number of hydrogen-bond donors (Lipinski definition) is 1. The zero-order valence-electron chi connectivity index (χ0n) is 17.9. The van der Waals surface area contributed by atoms with Crippen LogP contribution in [0.25, 0.3) is 11.4 Å². The second kappa shape index (κ2) is 8.49. The third-order valence-electron chi connectivity index (χ3n) is 5.85. The smallest absolute Gasteiger partial charge is 0.261 e. The van der Waals surface area contributed by atoms with Crippen molar-refractivity contribution in [2.45, 2.75) is 0 Å². The molecular weight excluding hydrogens is 404 g/mol. The molecule has 2 amide bonds. The molecule has 0 spiro atoms. The van der Waals surface area contributed by atoms with E-state index in [1.807, 2.05) is 48.5 Å². The van der Waals surface area contributed by atoms with E-state index in [-0.39, 0.29) is 23.9 Å². The van der Waals surface area contributed by atoms with Crippen molar-refractivity contribution in [2.75, 3.05) is 50.0 Å². The fourth-order valence-electron chi connectivity index (χ4n) is 4.03. The van der Waals surface area contributed by atoms with E-state index in [9.17, 15) is 9.59 Å². The molecule has 0 atom stereocenters. The number of piperazine rings is 1. The number of anilines is 3. The van der Waals surface area contributed by atoms with Crippen molar-refractivity contribution in [2.24, 2.45) is 0 Å². The van der Waals surface area contributed by atoms with E-state index in [0.29, 0.717) is 23.0 Å². The Bertz CT molecular complexity index is 1160. The topological polar surface area (TPSA) is 81.7 Å². The average Bonchev–Trinajstić information content (AvgIpc) is 2.94. The van der Waals surface area contributed by atoms with E-state index in [1.54, 1.807) is 11.0 Å². The van der Waals surface area contributed by atoms with Crippen molar-refractivity contribution < 1.29 is 9.59 Å². The quantitative estimate of drug-likeness (QED) is 0.691. The molecule has 3 heterocycles. The van der Waals surface area contributed by atoms with E-state index in [2.05, 4.69) is 27.1 Å². The van der Waals surface area contributed by atoms with E-state index in [0.717, 1.165) is 31.7 Å². The van der Waals surface area contributed by atoms with Crippen molar-refractivity contribution in [3.8, 4) is 11.4 Å². The molecule has 0 radical (unpaired) electrons. The molecule has 0 bridgehead atoms. The summed E-state index contributed by atoms with van der Waals surface area (Å²) in [4.78, 5) is 41.7. The van der Waals surface area contributed by atoms with Crippen molar-refractivity contribution in [1.29, 1.82) is 0 Å². The first-order valence-corrected chi connectivity index (χ1v) is 10.7. The fraction of sp³-hybridized carbons (Fsp3) is 0.250. The van der Waals surface area contributed by atoms with E-state index < -0.39 is 0 Å². The Morgan fingerprint density at radius 1 is 1.00 bits per heavy atom. The monoisotopic (exact) mass is 428 g/mol. The van der Waals surface area contributed by atoms with E-state index >= 15 is 0 Å². The van der Waals surface area contributed by atoms with Crippen molar-refractivity contribution in [3.05, 3.63) is 66.4 Å². The van der Waals surface area contributed by atoms with Gasteiger partial charge in [0, 0.05) is 37.9 Å². The van der Waals surface area contributed by atoms with Crippen molar-refractivity contribution >= 4 is 29.0 Å². The molecule has 32 heavy (non-hydrogen) atoms. The largest absolute Gasteiger partial charge is 0.320 e. The van der Waals surface area contributed by atoms with Crippen LogP contribution in [-0.2, 0) is 4.79 Å². The lowest BCUT2D eigenvalue weighted by molar-refractivity contribution is -0.119. The van der Waals surface area contributed by atoms with Crippen LogP contribution < -0.4 is 10.2 Å². The number of carbonyl (C=O) groups is 2. The SMILES string of the molecule is CN1CCN(CC(=O)N2c3ccccc3NC(=O)c3cnc(-c4ccccc4)nc32)CC1. The molecule has 2 aliphatic heterocycles. The molecule has 8 nitrogen and oxygen atoms in total. The van der Waals surface area contributed by atoms with Crippen LogP contribution in [0.1, 0.15) is 10.4 Å². The number of aromatic nitrogens is 2. The van der Waals surface area contributed by atoms with Gasteiger partial charge in [-0.1, -0.05) is 42.5 Å². The number of nitrogens with one attached hydrogen (secondary N) is 1. The maximum atomic E-state index is 13.7. The first-order valence-electron chi connectivity index (χ1n) is 10.7. The Morgan fingerprint density at radius 3 is 2.50 bits per heavy atom. The minimum Gasteiger partial charge on any atom is -0.320 e. The Labute approximate surface area is 186 Å². The molecule has 5 rings (SSSR count). The summed E-state index contributed by atoms with van der Waals surface area (Å²) in [6, 6.07) is 16.8. The van der Waals surface area contributed by atoms with Gasteiger partial charge in [0.05, 0.1) is 17.9 Å². The number of para-hydroxylation sites is 2. The number of amides is 2. The summed E-state index contributed by atoms with van der Waals surface area (Å²) in [6.45, 7) is 3.73. The molecule has 2 aromatic carbocycles.